The number of hydrogen-bond acceptors (Lipinski definition) is 4. The molecule has 1 aliphatic heterocycles. The second-order valence-corrected chi connectivity index (χ2v) is 9.19. The number of carbonyl (C=O) groups is 1. The Hall–Kier alpha value is -3.64. The van der Waals surface area contributed by atoms with Gasteiger partial charge in [-0.25, -0.2) is 0 Å². The van der Waals surface area contributed by atoms with Crippen molar-refractivity contribution < 1.29 is 9.72 Å². The minimum atomic E-state index is -0.445. The van der Waals surface area contributed by atoms with Gasteiger partial charge in [0.1, 0.15) is 5.02 Å². The Balaban J connectivity index is 1.35. The van der Waals surface area contributed by atoms with Crippen LogP contribution < -0.4 is 10.6 Å². The Morgan fingerprint density at radius 3 is 2.74 bits per heavy atom. The van der Waals surface area contributed by atoms with Gasteiger partial charge in [-0.2, -0.15) is 0 Å². The van der Waals surface area contributed by atoms with Crippen LogP contribution >= 0.6 is 11.6 Å². The van der Waals surface area contributed by atoms with E-state index >= 15 is 0 Å². The lowest BCUT2D eigenvalue weighted by molar-refractivity contribution is -0.384. The summed E-state index contributed by atoms with van der Waals surface area (Å²) < 4.78 is 0. The van der Waals surface area contributed by atoms with Crippen molar-refractivity contribution in [3.63, 3.8) is 0 Å². The minimum Gasteiger partial charge on any atom is -0.378 e. The monoisotopic (exact) mass is 473 g/mol. The van der Waals surface area contributed by atoms with Crippen LogP contribution in [0, 0.1) is 16.0 Å². The van der Waals surface area contributed by atoms with Gasteiger partial charge in [-0.05, 0) is 59.7 Å². The zero-order valence-corrected chi connectivity index (χ0v) is 19.2. The molecular formula is C27H24ClN3O3. The van der Waals surface area contributed by atoms with E-state index in [4.69, 9.17) is 11.6 Å². The molecule has 3 aromatic carbocycles. The number of carbonyl (C=O) groups excluding carboxylic acids is 1. The van der Waals surface area contributed by atoms with Crippen molar-refractivity contribution in [1.29, 1.82) is 0 Å². The highest BCUT2D eigenvalue weighted by Crippen LogP contribution is 2.50. The van der Waals surface area contributed by atoms with Gasteiger partial charge in [0, 0.05) is 29.8 Å². The van der Waals surface area contributed by atoms with Crippen LogP contribution in [0.5, 0.6) is 0 Å². The molecule has 0 spiro atoms. The third-order valence-corrected chi connectivity index (χ3v) is 6.98. The van der Waals surface area contributed by atoms with E-state index in [2.05, 4.69) is 22.8 Å². The van der Waals surface area contributed by atoms with Gasteiger partial charge >= 0.3 is 0 Å². The van der Waals surface area contributed by atoms with Gasteiger partial charge in [0.15, 0.2) is 0 Å². The number of halogens is 1. The molecule has 0 saturated heterocycles. The van der Waals surface area contributed by atoms with E-state index in [1.54, 1.807) is 12.1 Å². The Bertz CT molecular complexity index is 1280. The van der Waals surface area contributed by atoms with E-state index in [0.717, 1.165) is 34.5 Å². The lowest BCUT2D eigenvalue weighted by Crippen LogP contribution is -2.29. The number of nitro groups is 1. The number of anilines is 2. The number of rotatable bonds is 6. The molecule has 2 N–H and O–H groups in total. The predicted molar refractivity (Wildman–Crippen MR) is 134 cm³/mol. The van der Waals surface area contributed by atoms with Crippen molar-refractivity contribution in [2.24, 2.45) is 5.92 Å². The number of fused-ring (bicyclic) bond motifs is 3. The maximum atomic E-state index is 12.5. The number of allylic oxidation sites excluding steroid dienone is 2. The first kappa shape index (κ1) is 22.2. The Labute approximate surface area is 202 Å². The zero-order chi connectivity index (χ0) is 23.7. The number of nitrogens with zero attached hydrogens (tertiary/aromatic N) is 1. The number of benzene rings is 3. The Kier molecular flexibility index (Phi) is 6.07. The van der Waals surface area contributed by atoms with Crippen LogP contribution in [0.25, 0.3) is 0 Å². The van der Waals surface area contributed by atoms with Gasteiger partial charge in [0.2, 0.25) is 5.91 Å². The molecule has 0 fully saturated rings. The molecule has 0 aromatic heterocycles. The first-order chi connectivity index (χ1) is 16.5. The summed E-state index contributed by atoms with van der Waals surface area (Å²) in [4.78, 5) is 23.5. The van der Waals surface area contributed by atoms with E-state index < -0.39 is 4.92 Å². The normalized spacial score (nSPS) is 20.2. The van der Waals surface area contributed by atoms with Gasteiger partial charge in [-0.1, -0.05) is 60.2 Å². The summed E-state index contributed by atoms with van der Waals surface area (Å²) in [5.41, 5.74) is 4.77. The van der Waals surface area contributed by atoms with E-state index in [1.807, 2.05) is 54.6 Å². The highest BCUT2D eigenvalue weighted by atomic mass is 35.5. The van der Waals surface area contributed by atoms with Gasteiger partial charge in [0.25, 0.3) is 5.69 Å². The van der Waals surface area contributed by atoms with Crippen molar-refractivity contribution >= 4 is 34.6 Å². The molecule has 2 aliphatic rings. The average molecular weight is 474 g/mol. The first-order valence-electron chi connectivity index (χ1n) is 11.3. The molecule has 3 atom stereocenters. The van der Waals surface area contributed by atoms with Gasteiger partial charge in [0.05, 0.1) is 11.0 Å². The average Bonchev–Trinajstić information content (AvgIpc) is 3.34. The summed E-state index contributed by atoms with van der Waals surface area (Å²) >= 11 is 6.03. The molecule has 0 bridgehead atoms. The standard InChI is InChI=1S/C27H24ClN3O3/c28-23-12-10-18(15-25(23)31(33)34)27-21-8-4-7-20(21)22-16-19(11-13-24(22)30-27)29-26(32)14-9-17-5-2-1-3-6-17/h1-7,10-13,15-16,20-21,27,30H,8-9,14H2,(H,29,32). The molecule has 1 amide bonds. The summed E-state index contributed by atoms with van der Waals surface area (Å²) in [6, 6.07) is 20.8. The third kappa shape index (κ3) is 4.41. The van der Waals surface area contributed by atoms with Gasteiger partial charge < -0.3 is 10.6 Å². The predicted octanol–water partition coefficient (Wildman–Crippen LogP) is 6.65. The highest BCUT2D eigenvalue weighted by Gasteiger charge is 2.38. The summed E-state index contributed by atoms with van der Waals surface area (Å²) in [5.74, 6) is 0.368. The lowest BCUT2D eigenvalue weighted by atomic mass is 9.77. The van der Waals surface area contributed by atoms with Gasteiger partial charge in [-0.3, -0.25) is 14.9 Å². The van der Waals surface area contributed by atoms with Crippen LogP contribution in [-0.2, 0) is 11.2 Å². The smallest absolute Gasteiger partial charge is 0.288 e. The van der Waals surface area contributed by atoms with Crippen molar-refractivity contribution in [2.75, 3.05) is 10.6 Å². The fraction of sp³-hybridized carbons (Fsp3) is 0.222. The van der Waals surface area contributed by atoms with E-state index in [-0.39, 0.29) is 34.5 Å². The minimum absolute atomic E-state index is 0.0163. The number of hydrogen-bond donors (Lipinski definition) is 2. The van der Waals surface area contributed by atoms with E-state index in [1.165, 1.54) is 0 Å². The van der Waals surface area contributed by atoms with Crippen molar-refractivity contribution in [2.45, 2.75) is 31.2 Å². The number of nitro benzene ring substituents is 1. The quantitative estimate of drug-likeness (QED) is 0.238. The van der Waals surface area contributed by atoms with E-state index in [0.29, 0.717) is 12.8 Å². The van der Waals surface area contributed by atoms with Crippen molar-refractivity contribution in [3.05, 3.63) is 111 Å². The molecule has 6 nitrogen and oxygen atoms in total. The van der Waals surface area contributed by atoms with Crippen molar-refractivity contribution in [1.82, 2.24) is 0 Å². The maximum Gasteiger partial charge on any atom is 0.288 e. The Morgan fingerprint density at radius 2 is 1.94 bits per heavy atom. The summed E-state index contributed by atoms with van der Waals surface area (Å²) in [7, 11) is 0. The second-order valence-electron chi connectivity index (χ2n) is 8.78. The SMILES string of the molecule is O=C(CCc1ccccc1)Nc1ccc2c(c1)C1C=CCC1C(c1ccc(Cl)c([N+](=O)[O-])c1)N2. The van der Waals surface area contributed by atoms with Crippen LogP contribution in [0.1, 0.15) is 41.5 Å². The molecule has 0 saturated carbocycles. The molecule has 5 rings (SSSR count). The van der Waals surface area contributed by atoms with Gasteiger partial charge in [-0.15, -0.1) is 0 Å². The van der Waals surface area contributed by atoms with Crippen LogP contribution in [0.15, 0.2) is 78.9 Å². The largest absolute Gasteiger partial charge is 0.378 e. The first-order valence-corrected chi connectivity index (χ1v) is 11.7. The van der Waals surface area contributed by atoms with Crippen molar-refractivity contribution in [3.8, 4) is 0 Å². The summed E-state index contributed by atoms with van der Waals surface area (Å²) in [6.45, 7) is 0. The maximum absolute atomic E-state index is 12.5. The molecule has 172 valence electrons. The molecule has 7 heteroatoms. The summed E-state index contributed by atoms with van der Waals surface area (Å²) in [6.07, 6.45) is 6.34. The molecular weight excluding hydrogens is 450 g/mol. The van der Waals surface area contributed by atoms with Crippen LogP contribution in [0.3, 0.4) is 0 Å². The molecule has 34 heavy (non-hydrogen) atoms. The summed E-state index contributed by atoms with van der Waals surface area (Å²) in [5, 5.41) is 18.1. The molecule has 1 heterocycles. The zero-order valence-electron chi connectivity index (χ0n) is 18.4. The lowest BCUT2D eigenvalue weighted by Gasteiger charge is -2.37. The second kappa shape index (κ2) is 9.31. The molecule has 3 aromatic rings. The van der Waals surface area contributed by atoms with Crippen LogP contribution in [0.4, 0.5) is 17.1 Å². The number of amides is 1. The van der Waals surface area contributed by atoms with Crippen LogP contribution in [-0.4, -0.2) is 10.8 Å². The molecule has 1 aliphatic carbocycles. The fourth-order valence-corrected chi connectivity index (χ4v) is 5.18. The number of aryl methyl sites for hydroxylation is 1. The topological polar surface area (TPSA) is 84.3 Å². The highest BCUT2D eigenvalue weighted by molar-refractivity contribution is 6.32. The fourth-order valence-electron chi connectivity index (χ4n) is 4.99. The third-order valence-electron chi connectivity index (χ3n) is 6.66. The molecule has 3 unspecified atom stereocenters. The number of nitrogens with one attached hydrogen (secondary N) is 2. The Morgan fingerprint density at radius 1 is 1.12 bits per heavy atom. The van der Waals surface area contributed by atoms with Crippen LogP contribution in [0.2, 0.25) is 5.02 Å². The van der Waals surface area contributed by atoms with E-state index in [9.17, 15) is 14.9 Å². The molecule has 0 radical (unpaired) electrons.